The maximum atomic E-state index is 12.6. The van der Waals surface area contributed by atoms with E-state index in [1.54, 1.807) is 6.07 Å². The van der Waals surface area contributed by atoms with Crippen molar-refractivity contribution in [3.8, 4) is 0 Å². The number of nitrogens with zero attached hydrogens (tertiary/aromatic N) is 2. The van der Waals surface area contributed by atoms with Crippen LogP contribution in [0.1, 0.15) is 5.56 Å². The molecule has 2 heterocycles. The lowest BCUT2D eigenvalue weighted by Crippen LogP contribution is -2.46. The number of H-pyrrole nitrogens is 1. The van der Waals surface area contributed by atoms with Gasteiger partial charge in [-0.05, 0) is 18.1 Å². The van der Waals surface area contributed by atoms with E-state index in [0.717, 1.165) is 5.56 Å². The number of fused-ring (bicyclic) bond motifs is 1. The van der Waals surface area contributed by atoms with Gasteiger partial charge in [0.25, 0.3) is 10.0 Å². The van der Waals surface area contributed by atoms with E-state index >= 15 is 0 Å². The first-order chi connectivity index (χ1) is 9.09. The average molecular weight is 278 g/mol. The molecular weight excluding hydrogens is 264 g/mol. The Morgan fingerprint density at radius 1 is 1.37 bits per heavy atom. The molecule has 1 unspecified atom stereocenters. The number of sulfonamides is 1. The van der Waals surface area contributed by atoms with Gasteiger partial charge in [0.05, 0.1) is 18.2 Å². The third-order valence-electron chi connectivity index (χ3n) is 3.18. The lowest BCUT2D eigenvalue weighted by Gasteiger charge is -2.33. The number of nitrogens with one attached hydrogen (secondary N) is 1. The van der Waals surface area contributed by atoms with Crippen LogP contribution in [0.4, 0.5) is 5.69 Å². The molecule has 0 bridgehead atoms. The van der Waals surface area contributed by atoms with E-state index in [-0.39, 0.29) is 17.6 Å². The second-order valence-electron chi connectivity index (χ2n) is 4.54. The van der Waals surface area contributed by atoms with Crippen LogP contribution < -0.4 is 10.0 Å². The number of benzene rings is 1. The molecule has 1 aromatic carbocycles. The number of aromatic nitrogens is 2. The second kappa shape index (κ2) is 4.36. The predicted molar refractivity (Wildman–Crippen MR) is 71.2 cm³/mol. The van der Waals surface area contributed by atoms with Crippen LogP contribution in [0.3, 0.4) is 0 Å². The summed E-state index contributed by atoms with van der Waals surface area (Å²) in [6, 6.07) is 7.22. The van der Waals surface area contributed by atoms with Crippen LogP contribution in [0, 0.1) is 0 Å². The summed E-state index contributed by atoms with van der Waals surface area (Å²) >= 11 is 0. The van der Waals surface area contributed by atoms with Crippen LogP contribution in [0.5, 0.6) is 0 Å². The number of hydrogen-bond acceptors (Lipinski definition) is 4. The number of para-hydroxylation sites is 1. The van der Waals surface area contributed by atoms with E-state index in [4.69, 9.17) is 5.73 Å². The summed E-state index contributed by atoms with van der Waals surface area (Å²) < 4.78 is 26.5. The van der Waals surface area contributed by atoms with Crippen LogP contribution in [0.25, 0.3) is 0 Å². The molecule has 0 saturated heterocycles. The maximum Gasteiger partial charge on any atom is 0.281 e. The lowest BCUT2D eigenvalue weighted by molar-refractivity contribution is 0.572. The fourth-order valence-electron chi connectivity index (χ4n) is 2.32. The van der Waals surface area contributed by atoms with Gasteiger partial charge in [0.2, 0.25) is 0 Å². The van der Waals surface area contributed by atoms with E-state index in [0.29, 0.717) is 12.1 Å². The lowest BCUT2D eigenvalue weighted by atomic mass is 10.0. The molecule has 0 aliphatic carbocycles. The van der Waals surface area contributed by atoms with Gasteiger partial charge in [-0.1, -0.05) is 18.2 Å². The molecule has 0 radical (unpaired) electrons. The summed E-state index contributed by atoms with van der Waals surface area (Å²) in [6.07, 6.45) is 3.34. The first-order valence-corrected chi connectivity index (χ1v) is 7.37. The molecule has 3 N–H and O–H groups in total. The van der Waals surface area contributed by atoms with Crippen LogP contribution in [-0.4, -0.2) is 31.0 Å². The summed E-state index contributed by atoms with van der Waals surface area (Å²) in [7, 11) is -3.63. The number of hydrogen-bond donors (Lipinski definition) is 2. The number of aromatic amines is 1. The number of nitrogens with two attached hydrogens (primary N) is 1. The highest BCUT2D eigenvalue weighted by molar-refractivity contribution is 7.92. The molecule has 1 aromatic heterocycles. The summed E-state index contributed by atoms with van der Waals surface area (Å²) in [6.45, 7) is 0.276. The zero-order valence-electron chi connectivity index (χ0n) is 10.2. The predicted octanol–water partition coefficient (Wildman–Crippen LogP) is 0.488. The van der Waals surface area contributed by atoms with Gasteiger partial charge < -0.3 is 10.7 Å². The van der Waals surface area contributed by atoms with Crippen molar-refractivity contribution in [2.45, 2.75) is 17.5 Å². The van der Waals surface area contributed by atoms with Crippen molar-refractivity contribution in [3.63, 3.8) is 0 Å². The molecule has 100 valence electrons. The standard InChI is InChI=1S/C12H14N4O2S/c13-10-5-9-3-1-2-4-11(9)16(7-10)19(17,18)12-6-14-8-15-12/h1-4,6,8,10H,5,7,13H2,(H,14,15). The highest BCUT2D eigenvalue weighted by Gasteiger charge is 2.32. The smallest absolute Gasteiger partial charge is 0.281 e. The van der Waals surface area contributed by atoms with E-state index < -0.39 is 10.0 Å². The van der Waals surface area contributed by atoms with Crippen molar-refractivity contribution in [1.82, 2.24) is 9.97 Å². The Morgan fingerprint density at radius 3 is 2.89 bits per heavy atom. The van der Waals surface area contributed by atoms with E-state index in [1.165, 1.54) is 16.8 Å². The third kappa shape index (κ3) is 2.00. The van der Waals surface area contributed by atoms with Crippen LogP contribution in [0.15, 0.2) is 41.8 Å². The third-order valence-corrected chi connectivity index (χ3v) is 4.89. The van der Waals surface area contributed by atoms with Gasteiger partial charge in [-0.2, -0.15) is 8.42 Å². The molecule has 0 saturated carbocycles. The molecule has 1 atom stereocenters. The molecule has 6 nitrogen and oxygen atoms in total. The quantitative estimate of drug-likeness (QED) is 0.836. The largest absolute Gasteiger partial charge is 0.334 e. The molecule has 1 aliphatic heterocycles. The van der Waals surface area contributed by atoms with Crippen molar-refractivity contribution in [2.75, 3.05) is 10.8 Å². The van der Waals surface area contributed by atoms with Crippen LogP contribution in [-0.2, 0) is 16.4 Å². The van der Waals surface area contributed by atoms with Crippen molar-refractivity contribution >= 4 is 15.7 Å². The van der Waals surface area contributed by atoms with Crippen molar-refractivity contribution in [1.29, 1.82) is 0 Å². The maximum absolute atomic E-state index is 12.6. The van der Waals surface area contributed by atoms with Gasteiger partial charge in [0.15, 0.2) is 5.03 Å². The molecule has 19 heavy (non-hydrogen) atoms. The normalized spacial score (nSPS) is 19.2. The van der Waals surface area contributed by atoms with Gasteiger partial charge in [-0.25, -0.2) is 4.98 Å². The van der Waals surface area contributed by atoms with Gasteiger partial charge in [0, 0.05) is 12.6 Å². The Kier molecular flexibility index (Phi) is 2.79. The molecule has 2 aromatic rings. The van der Waals surface area contributed by atoms with Gasteiger partial charge in [-0.3, -0.25) is 4.31 Å². The van der Waals surface area contributed by atoms with Crippen molar-refractivity contribution < 1.29 is 8.42 Å². The van der Waals surface area contributed by atoms with E-state index in [9.17, 15) is 8.42 Å². The molecule has 3 rings (SSSR count). The minimum absolute atomic E-state index is 0.0800. The molecular formula is C12H14N4O2S. The summed E-state index contributed by atoms with van der Waals surface area (Å²) in [5.41, 5.74) is 7.60. The first kappa shape index (κ1) is 12.2. The Labute approximate surface area is 111 Å². The molecule has 0 fully saturated rings. The van der Waals surface area contributed by atoms with Gasteiger partial charge in [0.1, 0.15) is 0 Å². The summed E-state index contributed by atoms with van der Waals surface area (Å²) in [4.78, 5) is 6.40. The zero-order chi connectivity index (χ0) is 13.5. The summed E-state index contributed by atoms with van der Waals surface area (Å²) in [5.74, 6) is 0. The second-order valence-corrected chi connectivity index (χ2v) is 6.38. The Morgan fingerprint density at radius 2 is 2.16 bits per heavy atom. The van der Waals surface area contributed by atoms with E-state index in [2.05, 4.69) is 9.97 Å². The highest BCUT2D eigenvalue weighted by atomic mass is 32.2. The minimum atomic E-state index is -3.63. The number of rotatable bonds is 2. The van der Waals surface area contributed by atoms with Gasteiger partial charge in [-0.15, -0.1) is 0 Å². The Hall–Kier alpha value is -1.86. The van der Waals surface area contributed by atoms with Crippen molar-refractivity contribution in [3.05, 3.63) is 42.4 Å². The molecule has 1 aliphatic rings. The number of anilines is 1. The summed E-state index contributed by atoms with van der Waals surface area (Å²) in [5, 5.41) is 0.0800. The monoisotopic (exact) mass is 278 g/mol. The fourth-order valence-corrected chi connectivity index (χ4v) is 3.77. The van der Waals surface area contributed by atoms with Crippen molar-refractivity contribution in [2.24, 2.45) is 5.73 Å². The van der Waals surface area contributed by atoms with E-state index in [1.807, 2.05) is 18.2 Å². The Bertz CT molecular complexity index is 682. The SMILES string of the molecule is NC1Cc2ccccc2N(S(=O)(=O)c2cnc[nH]2)C1. The first-order valence-electron chi connectivity index (χ1n) is 5.93. The minimum Gasteiger partial charge on any atom is -0.334 e. The van der Waals surface area contributed by atoms with Gasteiger partial charge >= 0.3 is 0 Å². The Balaban J connectivity index is 2.11. The highest BCUT2D eigenvalue weighted by Crippen LogP contribution is 2.30. The molecule has 0 amide bonds. The van der Waals surface area contributed by atoms with Crippen LogP contribution in [0.2, 0.25) is 0 Å². The molecule has 7 heteroatoms. The fraction of sp³-hybridized carbons (Fsp3) is 0.250. The number of imidazole rings is 1. The van der Waals surface area contributed by atoms with Crippen LogP contribution >= 0.6 is 0 Å². The average Bonchev–Trinajstić information content (AvgIpc) is 2.92. The zero-order valence-corrected chi connectivity index (χ0v) is 11.0. The topological polar surface area (TPSA) is 92.1 Å². The molecule has 0 spiro atoms.